The lowest BCUT2D eigenvalue weighted by Gasteiger charge is -2.29. The van der Waals surface area contributed by atoms with Crippen LogP contribution in [0.3, 0.4) is 0 Å². The van der Waals surface area contributed by atoms with Crippen molar-refractivity contribution in [3.05, 3.63) is 71.9 Å². The first-order chi connectivity index (χ1) is 20.4. The van der Waals surface area contributed by atoms with Crippen LogP contribution in [0.25, 0.3) is 10.9 Å². The molecule has 2 aromatic carbocycles. The van der Waals surface area contributed by atoms with Crippen molar-refractivity contribution in [2.45, 2.75) is 63.6 Å². The lowest BCUT2D eigenvalue weighted by atomic mass is 9.91. The molecule has 9 nitrogen and oxygen atoms in total. The Morgan fingerprint density at radius 1 is 0.952 bits per heavy atom. The van der Waals surface area contributed by atoms with Gasteiger partial charge in [0.15, 0.2) is 0 Å². The molecule has 3 amide bonds. The van der Waals surface area contributed by atoms with Crippen LogP contribution in [-0.4, -0.2) is 57.8 Å². The normalized spacial score (nSPS) is 24.0. The zero-order chi connectivity index (χ0) is 29.2. The molecular weight excluding hydrogens is 532 g/mol. The maximum atomic E-state index is 14.0. The molecule has 0 unspecified atom stereocenters. The fraction of sp³-hybridized carbons (Fsp3) is 0.424. The quantitative estimate of drug-likeness (QED) is 0.340. The highest BCUT2D eigenvalue weighted by atomic mass is 16.2. The summed E-state index contributed by atoms with van der Waals surface area (Å²) in [6, 6.07) is 16.8. The minimum absolute atomic E-state index is 0.0194. The molecule has 6 rings (SSSR count). The summed E-state index contributed by atoms with van der Waals surface area (Å²) in [6.45, 7) is 0.641. The SMILES string of the molecule is O=C(NCc1ccccc1)C(=O)[C@H](C[C@@H]1CCCC1=O)NC(=O)[C@@H]1[C@H]2CCC[C@H]2CN1C(=O)c1cc2ccccc2[nH]1. The third-order valence-electron chi connectivity index (χ3n) is 9.28. The van der Waals surface area contributed by atoms with Crippen LogP contribution in [-0.2, 0) is 25.7 Å². The van der Waals surface area contributed by atoms with Gasteiger partial charge in [-0.1, -0.05) is 55.0 Å². The predicted molar refractivity (Wildman–Crippen MR) is 156 cm³/mol. The number of likely N-dealkylation sites (tertiary alicyclic amines) is 1. The molecule has 218 valence electrons. The Morgan fingerprint density at radius 2 is 1.74 bits per heavy atom. The second-order valence-corrected chi connectivity index (χ2v) is 11.9. The maximum Gasteiger partial charge on any atom is 0.289 e. The van der Waals surface area contributed by atoms with Crippen molar-refractivity contribution in [3.63, 3.8) is 0 Å². The second kappa shape index (κ2) is 11.9. The number of Topliss-reactive ketones (excluding diaryl/α,β-unsaturated/α-hetero) is 2. The van der Waals surface area contributed by atoms with Crippen molar-refractivity contribution in [2.75, 3.05) is 6.54 Å². The summed E-state index contributed by atoms with van der Waals surface area (Å²) in [5, 5.41) is 6.43. The smallest absolute Gasteiger partial charge is 0.289 e. The van der Waals surface area contributed by atoms with Crippen LogP contribution in [0.4, 0.5) is 0 Å². The number of carbonyl (C=O) groups is 5. The van der Waals surface area contributed by atoms with E-state index in [4.69, 9.17) is 0 Å². The van der Waals surface area contributed by atoms with Crippen LogP contribution < -0.4 is 10.6 Å². The number of rotatable bonds is 9. The number of fused-ring (bicyclic) bond motifs is 2. The van der Waals surface area contributed by atoms with Gasteiger partial charge in [0.25, 0.3) is 11.8 Å². The first-order valence-electron chi connectivity index (χ1n) is 15.0. The summed E-state index contributed by atoms with van der Waals surface area (Å²) in [6.07, 6.45) is 4.62. The standard InChI is InChI=1S/C33H36N4O5/c38-28-15-7-11-22(28)17-26(30(39)32(41)34-18-20-8-2-1-3-9-20)36-31(40)29-24-13-6-12-23(24)19-37(29)33(42)27-16-21-10-4-5-14-25(21)35-27/h1-5,8-10,14,16,22-24,26,29,35H,6-7,11-13,15,17-19H2,(H,34,41)(H,36,40)/t22-,23-,24-,26-,29-/m0/s1. The van der Waals surface area contributed by atoms with Gasteiger partial charge in [-0.2, -0.15) is 0 Å². The summed E-state index contributed by atoms with van der Waals surface area (Å²) in [4.78, 5) is 71.5. The molecule has 1 saturated heterocycles. The van der Waals surface area contributed by atoms with E-state index in [-0.39, 0.29) is 42.4 Å². The van der Waals surface area contributed by atoms with E-state index in [2.05, 4.69) is 15.6 Å². The van der Waals surface area contributed by atoms with Gasteiger partial charge in [-0.25, -0.2) is 0 Å². The van der Waals surface area contributed by atoms with E-state index in [0.29, 0.717) is 25.1 Å². The molecular formula is C33H36N4O5. The lowest BCUT2D eigenvalue weighted by molar-refractivity contribution is -0.141. The van der Waals surface area contributed by atoms with Gasteiger partial charge in [-0.05, 0) is 61.6 Å². The second-order valence-electron chi connectivity index (χ2n) is 11.9. The van der Waals surface area contributed by atoms with Gasteiger partial charge in [-0.3, -0.25) is 24.0 Å². The first kappa shape index (κ1) is 27.9. The number of nitrogens with zero attached hydrogens (tertiary/aromatic N) is 1. The molecule has 0 radical (unpaired) electrons. The van der Waals surface area contributed by atoms with Crippen molar-refractivity contribution < 1.29 is 24.0 Å². The lowest BCUT2D eigenvalue weighted by Crippen LogP contribution is -2.55. The summed E-state index contributed by atoms with van der Waals surface area (Å²) < 4.78 is 0. The van der Waals surface area contributed by atoms with E-state index >= 15 is 0 Å². The van der Waals surface area contributed by atoms with Crippen molar-refractivity contribution in [1.82, 2.24) is 20.5 Å². The number of hydrogen-bond donors (Lipinski definition) is 3. The Hall–Kier alpha value is -4.27. The maximum absolute atomic E-state index is 14.0. The van der Waals surface area contributed by atoms with E-state index < -0.39 is 29.7 Å². The number of benzene rings is 2. The molecule has 2 heterocycles. The third kappa shape index (κ3) is 5.60. The van der Waals surface area contributed by atoms with Crippen molar-refractivity contribution in [2.24, 2.45) is 17.8 Å². The number of H-pyrrole nitrogens is 1. The van der Waals surface area contributed by atoms with E-state index in [1.54, 1.807) is 11.0 Å². The van der Waals surface area contributed by atoms with Crippen molar-refractivity contribution in [3.8, 4) is 0 Å². The molecule has 0 bridgehead atoms. The average molecular weight is 569 g/mol. The van der Waals surface area contributed by atoms with E-state index in [9.17, 15) is 24.0 Å². The average Bonchev–Trinajstić information content (AvgIpc) is 3.79. The summed E-state index contributed by atoms with van der Waals surface area (Å²) in [5.41, 5.74) is 2.10. The number of aromatic nitrogens is 1. The molecule has 2 aliphatic carbocycles. The number of carbonyl (C=O) groups excluding carboxylic acids is 5. The molecule has 5 atom stereocenters. The van der Waals surface area contributed by atoms with Crippen LogP contribution in [0.15, 0.2) is 60.7 Å². The number of amides is 3. The Bertz CT molecular complexity index is 1480. The minimum atomic E-state index is -1.15. The first-order valence-corrected chi connectivity index (χ1v) is 15.0. The van der Waals surface area contributed by atoms with Gasteiger partial charge in [-0.15, -0.1) is 0 Å². The Morgan fingerprint density at radius 3 is 2.50 bits per heavy atom. The van der Waals surface area contributed by atoms with Gasteiger partial charge in [0.2, 0.25) is 11.7 Å². The van der Waals surface area contributed by atoms with Gasteiger partial charge in [0, 0.05) is 36.3 Å². The van der Waals surface area contributed by atoms with E-state index in [1.165, 1.54) is 0 Å². The molecule has 1 aliphatic heterocycles. The highest BCUT2D eigenvalue weighted by Gasteiger charge is 2.50. The monoisotopic (exact) mass is 568 g/mol. The van der Waals surface area contributed by atoms with Crippen LogP contribution in [0.2, 0.25) is 0 Å². The number of hydrogen-bond acceptors (Lipinski definition) is 5. The Balaban J connectivity index is 1.22. The summed E-state index contributed by atoms with van der Waals surface area (Å²) >= 11 is 0. The molecule has 1 aromatic heterocycles. The molecule has 3 N–H and O–H groups in total. The fourth-order valence-electron chi connectivity index (χ4n) is 7.13. The zero-order valence-electron chi connectivity index (χ0n) is 23.5. The largest absolute Gasteiger partial charge is 0.351 e. The number of aromatic amines is 1. The number of nitrogens with one attached hydrogen (secondary N) is 3. The Labute approximate surface area is 244 Å². The highest BCUT2D eigenvalue weighted by Crippen LogP contribution is 2.43. The molecule has 42 heavy (non-hydrogen) atoms. The Kier molecular flexibility index (Phi) is 7.91. The summed E-state index contributed by atoms with van der Waals surface area (Å²) in [7, 11) is 0. The summed E-state index contributed by atoms with van der Waals surface area (Å²) in [5.74, 6) is -2.40. The van der Waals surface area contributed by atoms with Gasteiger partial charge >= 0.3 is 0 Å². The molecule has 3 aliphatic rings. The molecule has 3 fully saturated rings. The van der Waals surface area contributed by atoms with Crippen LogP contribution in [0.5, 0.6) is 0 Å². The molecule has 9 heteroatoms. The topological polar surface area (TPSA) is 128 Å². The zero-order valence-corrected chi connectivity index (χ0v) is 23.5. The van der Waals surface area contributed by atoms with Crippen LogP contribution in [0, 0.1) is 17.8 Å². The van der Waals surface area contributed by atoms with Crippen LogP contribution >= 0.6 is 0 Å². The van der Waals surface area contributed by atoms with Crippen molar-refractivity contribution in [1.29, 1.82) is 0 Å². The van der Waals surface area contributed by atoms with Gasteiger partial charge < -0.3 is 20.5 Å². The van der Waals surface area contributed by atoms with Gasteiger partial charge in [0.05, 0.1) is 6.04 Å². The molecule has 2 saturated carbocycles. The van der Waals surface area contributed by atoms with E-state index in [0.717, 1.165) is 42.1 Å². The minimum Gasteiger partial charge on any atom is -0.351 e. The molecule has 0 spiro atoms. The fourth-order valence-corrected chi connectivity index (χ4v) is 7.13. The highest BCUT2D eigenvalue weighted by molar-refractivity contribution is 6.38. The number of para-hydroxylation sites is 1. The molecule has 3 aromatic rings. The third-order valence-corrected chi connectivity index (χ3v) is 9.28. The van der Waals surface area contributed by atoms with Crippen molar-refractivity contribution >= 4 is 40.2 Å². The van der Waals surface area contributed by atoms with Crippen LogP contribution in [0.1, 0.15) is 61.0 Å². The van der Waals surface area contributed by atoms with E-state index in [1.807, 2.05) is 54.6 Å². The van der Waals surface area contributed by atoms with Gasteiger partial charge in [0.1, 0.15) is 17.5 Å². The predicted octanol–water partition coefficient (Wildman–Crippen LogP) is 3.54. The number of ketones is 2.